The number of rotatable bonds is 3. The number of aliphatic hydroxyl groups excluding tert-OH is 1. The van der Waals surface area contributed by atoms with Gasteiger partial charge in [-0.1, -0.05) is 23.2 Å². The number of hydrogen-bond donors (Lipinski definition) is 1. The molecule has 0 fully saturated rings. The van der Waals surface area contributed by atoms with E-state index in [2.05, 4.69) is 6.58 Å². The monoisotopic (exact) mass is 149 g/mol. The van der Waals surface area contributed by atoms with Crippen LogP contribution in [0.15, 0.2) is 12.2 Å². The second-order valence-corrected chi connectivity index (χ2v) is 2.77. The quantitative estimate of drug-likeness (QED) is 0.446. The third-order valence-electron chi connectivity index (χ3n) is 0.863. The molecule has 0 saturated carbocycles. The lowest BCUT2D eigenvalue weighted by molar-refractivity contribution is 0.233. The van der Waals surface area contributed by atoms with Gasteiger partial charge in [-0.2, -0.15) is 0 Å². The molecule has 0 saturated heterocycles. The highest BCUT2D eigenvalue weighted by molar-refractivity contribution is 7.79. The third kappa shape index (κ3) is 4.32. The van der Waals surface area contributed by atoms with Crippen molar-refractivity contribution >= 4 is 11.1 Å². The van der Waals surface area contributed by atoms with Gasteiger partial charge >= 0.3 is 0 Å². The van der Waals surface area contributed by atoms with Crippen LogP contribution >= 0.6 is 0 Å². The molecule has 0 aliphatic rings. The molecule has 4 heteroatoms. The summed E-state index contributed by atoms with van der Waals surface area (Å²) in [5.41, 5.74) is 0.471. The Bertz CT molecular complexity index is 132. The molecule has 0 bridgehead atoms. The van der Waals surface area contributed by atoms with Gasteiger partial charge in [-0.05, 0) is 6.92 Å². The Labute approximate surface area is 56.7 Å². The second-order valence-electron chi connectivity index (χ2n) is 1.83. The van der Waals surface area contributed by atoms with Crippen LogP contribution in [0.1, 0.15) is 6.92 Å². The standard InChI is InChI=1S/C5H10O3S/c1-4(2)5(6)3-9(7)8/h5-6H,1,3H2,2H3,(H,7,8)/p-1. The molecule has 0 rings (SSSR count). The molecule has 0 aromatic rings. The lowest BCUT2D eigenvalue weighted by Gasteiger charge is -2.10. The normalized spacial score (nSPS) is 16.8. The van der Waals surface area contributed by atoms with Crippen LogP contribution in [0.4, 0.5) is 0 Å². The van der Waals surface area contributed by atoms with E-state index in [-0.39, 0.29) is 5.75 Å². The maximum atomic E-state index is 9.91. The van der Waals surface area contributed by atoms with E-state index in [0.717, 1.165) is 0 Å². The molecule has 0 heterocycles. The lowest BCUT2D eigenvalue weighted by Crippen LogP contribution is -2.16. The van der Waals surface area contributed by atoms with Crippen molar-refractivity contribution in [2.24, 2.45) is 0 Å². The summed E-state index contributed by atoms with van der Waals surface area (Å²) in [4.78, 5) is 0. The first-order valence-electron chi connectivity index (χ1n) is 2.43. The van der Waals surface area contributed by atoms with Crippen LogP contribution in [0.5, 0.6) is 0 Å². The average molecular weight is 149 g/mol. The van der Waals surface area contributed by atoms with Gasteiger partial charge in [0.25, 0.3) is 0 Å². The minimum Gasteiger partial charge on any atom is -0.772 e. The summed E-state index contributed by atoms with van der Waals surface area (Å²) < 4.78 is 19.8. The van der Waals surface area contributed by atoms with Crippen LogP contribution < -0.4 is 0 Å². The van der Waals surface area contributed by atoms with Crippen molar-refractivity contribution in [1.82, 2.24) is 0 Å². The van der Waals surface area contributed by atoms with E-state index < -0.39 is 17.2 Å². The topological polar surface area (TPSA) is 60.4 Å². The van der Waals surface area contributed by atoms with Crippen molar-refractivity contribution in [3.63, 3.8) is 0 Å². The molecule has 2 unspecified atom stereocenters. The zero-order chi connectivity index (χ0) is 7.44. The lowest BCUT2D eigenvalue weighted by atomic mass is 10.2. The van der Waals surface area contributed by atoms with Crippen molar-refractivity contribution in [2.45, 2.75) is 13.0 Å². The summed E-state index contributed by atoms with van der Waals surface area (Å²) >= 11 is -2.18. The third-order valence-corrected chi connectivity index (χ3v) is 1.45. The zero-order valence-electron chi connectivity index (χ0n) is 5.16. The van der Waals surface area contributed by atoms with Gasteiger partial charge in [0, 0.05) is 5.75 Å². The number of hydrogen-bond acceptors (Lipinski definition) is 3. The maximum Gasteiger partial charge on any atom is 0.0848 e. The molecular weight excluding hydrogens is 140 g/mol. The van der Waals surface area contributed by atoms with Gasteiger partial charge in [-0.25, -0.2) is 0 Å². The molecule has 3 nitrogen and oxygen atoms in total. The molecule has 0 aromatic heterocycles. The second kappa shape index (κ2) is 3.76. The molecule has 0 amide bonds. The molecule has 0 spiro atoms. The molecule has 1 N–H and O–H groups in total. The Kier molecular flexibility index (Phi) is 3.68. The molecule has 2 atom stereocenters. The van der Waals surface area contributed by atoms with E-state index >= 15 is 0 Å². The Hall–Kier alpha value is -0.190. The van der Waals surface area contributed by atoms with Crippen LogP contribution in [-0.2, 0) is 11.1 Å². The van der Waals surface area contributed by atoms with E-state index in [1.807, 2.05) is 0 Å². The molecule has 9 heavy (non-hydrogen) atoms. The van der Waals surface area contributed by atoms with E-state index in [4.69, 9.17) is 5.11 Å². The fourth-order valence-electron chi connectivity index (χ4n) is 0.271. The van der Waals surface area contributed by atoms with Crippen molar-refractivity contribution in [3.8, 4) is 0 Å². The largest absolute Gasteiger partial charge is 0.772 e. The summed E-state index contributed by atoms with van der Waals surface area (Å²) in [5, 5.41) is 8.80. The average Bonchev–Trinajstić information content (AvgIpc) is 1.63. The van der Waals surface area contributed by atoms with E-state index in [1.165, 1.54) is 0 Å². The smallest absolute Gasteiger partial charge is 0.0848 e. The van der Waals surface area contributed by atoms with Gasteiger partial charge < -0.3 is 9.66 Å². The van der Waals surface area contributed by atoms with Crippen molar-refractivity contribution in [3.05, 3.63) is 12.2 Å². The van der Waals surface area contributed by atoms with Crippen molar-refractivity contribution in [1.29, 1.82) is 0 Å². The predicted octanol–water partition coefficient (Wildman–Crippen LogP) is -0.197. The van der Waals surface area contributed by atoms with Crippen LogP contribution in [0, 0.1) is 0 Å². The first-order chi connectivity index (χ1) is 4.04. The van der Waals surface area contributed by atoms with Gasteiger partial charge in [0.15, 0.2) is 0 Å². The highest BCUT2D eigenvalue weighted by Gasteiger charge is 2.02. The van der Waals surface area contributed by atoms with Crippen LogP contribution in [0.3, 0.4) is 0 Å². The van der Waals surface area contributed by atoms with Crippen LogP contribution in [0.25, 0.3) is 0 Å². The van der Waals surface area contributed by atoms with Gasteiger partial charge in [-0.3, -0.25) is 4.21 Å². The van der Waals surface area contributed by atoms with Gasteiger partial charge in [0.1, 0.15) is 0 Å². The van der Waals surface area contributed by atoms with Crippen LogP contribution in [0.2, 0.25) is 0 Å². The Morgan fingerprint density at radius 2 is 2.44 bits per heavy atom. The summed E-state index contributed by atoms with van der Waals surface area (Å²) in [6.07, 6.45) is -0.914. The highest BCUT2D eigenvalue weighted by atomic mass is 32.2. The van der Waals surface area contributed by atoms with Crippen molar-refractivity contribution < 1.29 is 13.9 Å². The Balaban J connectivity index is 3.63. The summed E-state index contributed by atoms with van der Waals surface area (Å²) in [6.45, 7) is 4.97. The predicted molar refractivity (Wildman–Crippen MR) is 34.6 cm³/mol. The molecule has 0 aromatic carbocycles. The molecule has 0 aliphatic heterocycles. The summed E-state index contributed by atoms with van der Waals surface area (Å²) in [6, 6.07) is 0. The summed E-state index contributed by atoms with van der Waals surface area (Å²) in [5.74, 6) is -0.255. The van der Waals surface area contributed by atoms with Gasteiger partial charge in [0.05, 0.1) is 6.10 Å². The first-order valence-corrected chi connectivity index (χ1v) is 3.67. The highest BCUT2D eigenvalue weighted by Crippen LogP contribution is 1.97. The minimum atomic E-state index is -2.18. The first kappa shape index (κ1) is 8.81. The van der Waals surface area contributed by atoms with E-state index in [9.17, 15) is 8.76 Å². The molecule has 0 aliphatic carbocycles. The van der Waals surface area contributed by atoms with E-state index in [1.54, 1.807) is 6.92 Å². The minimum absolute atomic E-state index is 0.255. The molecule has 54 valence electrons. The van der Waals surface area contributed by atoms with Gasteiger partial charge in [0.2, 0.25) is 0 Å². The Morgan fingerprint density at radius 3 is 2.56 bits per heavy atom. The van der Waals surface area contributed by atoms with Crippen molar-refractivity contribution in [2.75, 3.05) is 5.75 Å². The fourth-order valence-corrected chi connectivity index (χ4v) is 0.813. The van der Waals surface area contributed by atoms with Crippen LogP contribution in [-0.4, -0.2) is 25.7 Å². The maximum absolute atomic E-state index is 9.91. The molecular formula is C5H9O3S-. The fraction of sp³-hybridized carbons (Fsp3) is 0.600. The summed E-state index contributed by atoms with van der Waals surface area (Å²) in [7, 11) is 0. The number of aliphatic hydroxyl groups is 1. The zero-order valence-corrected chi connectivity index (χ0v) is 5.98. The SMILES string of the molecule is C=C(C)C(O)CS(=O)[O-]. The Morgan fingerprint density at radius 1 is 2.00 bits per heavy atom. The van der Waals surface area contributed by atoms with E-state index in [0.29, 0.717) is 5.57 Å². The molecule has 0 radical (unpaired) electrons. The van der Waals surface area contributed by atoms with Gasteiger partial charge in [-0.15, -0.1) is 0 Å².